The molecule has 0 radical (unpaired) electrons. The number of nitrogens with zero attached hydrogens (tertiary/aromatic N) is 1. The van der Waals surface area contributed by atoms with E-state index in [-0.39, 0.29) is 0 Å². The van der Waals surface area contributed by atoms with Gasteiger partial charge in [-0.05, 0) is 42.3 Å². The lowest BCUT2D eigenvalue weighted by Gasteiger charge is -2.07. The molecule has 0 saturated carbocycles. The van der Waals surface area contributed by atoms with Crippen molar-refractivity contribution in [1.29, 1.82) is 0 Å². The van der Waals surface area contributed by atoms with Gasteiger partial charge in [0.15, 0.2) is 0 Å². The first kappa shape index (κ1) is 11.6. The fourth-order valence-electron chi connectivity index (χ4n) is 1.60. The molecule has 88 valence electrons. The summed E-state index contributed by atoms with van der Waals surface area (Å²) in [5.41, 5.74) is 8.71. The van der Waals surface area contributed by atoms with Crippen LogP contribution in [-0.2, 0) is 13.2 Å². The van der Waals surface area contributed by atoms with Gasteiger partial charge >= 0.3 is 0 Å². The molecule has 3 nitrogen and oxygen atoms in total. The van der Waals surface area contributed by atoms with E-state index in [9.17, 15) is 0 Å². The predicted octanol–water partition coefficient (Wildman–Crippen LogP) is 2.43. The van der Waals surface area contributed by atoms with Gasteiger partial charge in [0.05, 0.1) is 5.69 Å². The van der Waals surface area contributed by atoms with Crippen LogP contribution >= 0.6 is 0 Å². The third-order valence-electron chi connectivity index (χ3n) is 2.49. The van der Waals surface area contributed by atoms with Crippen LogP contribution in [0.15, 0.2) is 42.6 Å². The van der Waals surface area contributed by atoms with Gasteiger partial charge in [-0.25, -0.2) is 0 Å². The van der Waals surface area contributed by atoms with Crippen molar-refractivity contribution in [2.45, 2.75) is 20.1 Å². The number of aromatic nitrogens is 1. The van der Waals surface area contributed by atoms with Gasteiger partial charge in [0.1, 0.15) is 12.4 Å². The van der Waals surface area contributed by atoms with Crippen LogP contribution in [0.3, 0.4) is 0 Å². The van der Waals surface area contributed by atoms with Crippen LogP contribution in [0.1, 0.15) is 16.8 Å². The van der Waals surface area contributed by atoms with Crippen molar-refractivity contribution in [2.24, 2.45) is 5.73 Å². The molecule has 0 aliphatic heterocycles. The first-order valence-corrected chi connectivity index (χ1v) is 5.61. The normalized spacial score (nSPS) is 10.2. The Labute approximate surface area is 101 Å². The highest BCUT2D eigenvalue weighted by Gasteiger charge is 1.98. The molecule has 0 atom stereocenters. The number of hydrogen-bond acceptors (Lipinski definition) is 3. The molecule has 3 heteroatoms. The van der Waals surface area contributed by atoms with Gasteiger partial charge in [0.25, 0.3) is 0 Å². The Morgan fingerprint density at radius 1 is 1.24 bits per heavy atom. The van der Waals surface area contributed by atoms with E-state index in [2.05, 4.69) is 4.98 Å². The van der Waals surface area contributed by atoms with Crippen molar-refractivity contribution in [3.05, 3.63) is 59.4 Å². The molecular formula is C14H16N2O. The van der Waals surface area contributed by atoms with E-state index in [1.165, 1.54) is 5.56 Å². The van der Waals surface area contributed by atoms with E-state index in [1.54, 1.807) is 6.20 Å². The molecule has 0 spiro atoms. The van der Waals surface area contributed by atoms with Crippen LogP contribution in [-0.4, -0.2) is 4.98 Å². The van der Waals surface area contributed by atoms with Crippen molar-refractivity contribution in [3.63, 3.8) is 0 Å². The maximum atomic E-state index is 5.70. The van der Waals surface area contributed by atoms with Crippen molar-refractivity contribution in [1.82, 2.24) is 4.98 Å². The molecule has 0 unspecified atom stereocenters. The summed E-state index contributed by atoms with van der Waals surface area (Å²) in [7, 11) is 0. The molecule has 0 bridgehead atoms. The Morgan fingerprint density at radius 3 is 2.88 bits per heavy atom. The smallest absolute Gasteiger partial charge is 0.120 e. The topological polar surface area (TPSA) is 48.1 Å². The molecule has 0 fully saturated rings. The average molecular weight is 228 g/mol. The van der Waals surface area contributed by atoms with Gasteiger partial charge in [0, 0.05) is 12.7 Å². The van der Waals surface area contributed by atoms with E-state index >= 15 is 0 Å². The third-order valence-corrected chi connectivity index (χ3v) is 2.49. The summed E-state index contributed by atoms with van der Waals surface area (Å²) in [5, 5.41) is 0. The first-order chi connectivity index (χ1) is 8.28. The monoisotopic (exact) mass is 228 g/mol. The Balaban J connectivity index is 2.02. The van der Waals surface area contributed by atoms with Gasteiger partial charge in [-0.3, -0.25) is 4.98 Å². The molecule has 0 aliphatic rings. The maximum absolute atomic E-state index is 5.70. The third kappa shape index (κ3) is 3.29. The van der Waals surface area contributed by atoms with Crippen molar-refractivity contribution in [2.75, 3.05) is 0 Å². The van der Waals surface area contributed by atoms with Crippen LogP contribution in [0.25, 0.3) is 0 Å². The maximum Gasteiger partial charge on any atom is 0.120 e. The van der Waals surface area contributed by atoms with E-state index in [4.69, 9.17) is 10.5 Å². The van der Waals surface area contributed by atoms with Crippen molar-refractivity contribution >= 4 is 0 Å². The number of pyridine rings is 1. The first-order valence-electron chi connectivity index (χ1n) is 5.61. The van der Waals surface area contributed by atoms with Gasteiger partial charge in [-0.2, -0.15) is 0 Å². The number of benzene rings is 1. The standard InChI is InChI=1S/C14H16N2O/c1-11-3-2-4-14(7-11)17-10-12-5-6-16-13(8-12)9-15/h2-8H,9-10,15H2,1H3. The highest BCUT2D eigenvalue weighted by molar-refractivity contribution is 5.28. The highest BCUT2D eigenvalue weighted by atomic mass is 16.5. The second-order valence-corrected chi connectivity index (χ2v) is 3.96. The summed E-state index contributed by atoms with van der Waals surface area (Å²) in [6.07, 6.45) is 1.76. The van der Waals surface area contributed by atoms with Gasteiger partial charge in [-0.1, -0.05) is 12.1 Å². The molecule has 0 aliphatic carbocycles. The number of hydrogen-bond donors (Lipinski definition) is 1. The van der Waals surface area contributed by atoms with E-state index in [0.29, 0.717) is 13.2 Å². The van der Waals surface area contributed by atoms with Crippen molar-refractivity contribution < 1.29 is 4.74 Å². The molecule has 2 N–H and O–H groups in total. The van der Waals surface area contributed by atoms with Crippen LogP contribution < -0.4 is 10.5 Å². The van der Waals surface area contributed by atoms with Crippen LogP contribution in [0.5, 0.6) is 5.75 Å². The lowest BCUT2D eigenvalue weighted by molar-refractivity contribution is 0.306. The van der Waals surface area contributed by atoms with E-state index < -0.39 is 0 Å². The van der Waals surface area contributed by atoms with Gasteiger partial charge in [-0.15, -0.1) is 0 Å². The summed E-state index contributed by atoms with van der Waals surface area (Å²) in [6, 6.07) is 11.9. The number of aryl methyl sites for hydroxylation is 1. The fourth-order valence-corrected chi connectivity index (χ4v) is 1.60. The number of ether oxygens (including phenoxy) is 1. The molecular weight excluding hydrogens is 212 g/mol. The quantitative estimate of drug-likeness (QED) is 0.874. The zero-order valence-corrected chi connectivity index (χ0v) is 9.89. The lowest BCUT2D eigenvalue weighted by atomic mass is 10.2. The highest BCUT2D eigenvalue weighted by Crippen LogP contribution is 2.14. The molecule has 2 rings (SSSR count). The van der Waals surface area contributed by atoms with Crippen LogP contribution in [0, 0.1) is 6.92 Å². The average Bonchev–Trinajstić information content (AvgIpc) is 2.37. The van der Waals surface area contributed by atoms with Crippen LogP contribution in [0.2, 0.25) is 0 Å². The molecule has 2 aromatic rings. The minimum Gasteiger partial charge on any atom is -0.489 e. The summed E-state index contributed by atoms with van der Waals surface area (Å²) in [5.74, 6) is 0.885. The molecule has 0 saturated heterocycles. The summed E-state index contributed by atoms with van der Waals surface area (Å²) >= 11 is 0. The molecule has 1 aromatic carbocycles. The van der Waals surface area contributed by atoms with Gasteiger partial charge < -0.3 is 10.5 Å². The molecule has 1 aromatic heterocycles. The van der Waals surface area contributed by atoms with E-state index in [0.717, 1.165) is 17.0 Å². The van der Waals surface area contributed by atoms with Crippen molar-refractivity contribution in [3.8, 4) is 5.75 Å². The minimum absolute atomic E-state index is 0.457. The zero-order valence-electron chi connectivity index (χ0n) is 9.89. The van der Waals surface area contributed by atoms with Gasteiger partial charge in [0.2, 0.25) is 0 Å². The lowest BCUT2D eigenvalue weighted by Crippen LogP contribution is -2.02. The molecule has 17 heavy (non-hydrogen) atoms. The SMILES string of the molecule is Cc1cccc(OCc2ccnc(CN)c2)c1. The zero-order chi connectivity index (χ0) is 12.1. The Morgan fingerprint density at radius 2 is 2.12 bits per heavy atom. The Hall–Kier alpha value is -1.87. The summed E-state index contributed by atoms with van der Waals surface area (Å²) in [4.78, 5) is 4.15. The Kier molecular flexibility index (Phi) is 3.73. The molecule has 1 heterocycles. The van der Waals surface area contributed by atoms with Crippen LogP contribution in [0.4, 0.5) is 0 Å². The number of nitrogens with two attached hydrogens (primary N) is 1. The second-order valence-electron chi connectivity index (χ2n) is 3.96. The fraction of sp³-hybridized carbons (Fsp3) is 0.214. The predicted molar refractivity (Wildman–Crippen MR) is 67.6 cm³/mol. The largest absolute Gasteiger partial charge is 0.489 e. The Bertz CT molecular complexity index is 497. The second kappa shape index (κ2) is 5.46. The molecule has 0 amide bonds. The summed E-state index contributed by atoms with van der Waals surface area (Å²) < 4.78 is 5.70. The van der Waals surface area contributed by atoms with E-state index in [1.807, 2.05) is 43.3 Å². The summed E-state index contributed by atoms with van der Waals surface area (Å²) in [6.45, 7) is 3.04. The minimum atomic E-state index is 0.457. The number of rotatable bonds is 4.